The van der Waals surface area contributed by atoms with Crippen LogP contribution in [0.2, 0.25) is 5.02 Å². The first-order valence-electron chi connectivity index (χ1n) is 8.95. The Balaban J connectivity index is 1.71. The van der Waals surface area contributed by atoms with E-state index in [9.17, 15) is 9.59 Å². The highest BCUT2D eigenvalue weighted by Crippen LogP contribution is 2.27. The fraction of sp³-hybridized carbons (Fsp3) is 0.136. The van der Waals surface area contributed by atoms with Gasteiger partial charge in [0.2, 0.25) is 0 Å². The zero-order valence-electron chi connectivity index (χ0n) is 15.9. The predicted octanol–water partition coefficient (Wildman–Crippen LogP) is 4.85. The lowest BCUT2D eigenvalue weighted by atomic mass is 10.1. The fourth-order valence-electron chi connectivity index (χ4n) is 2.63. The highest BCUT2D eigenvalue weighted by molar-refractivity contribution is 6.33. The van der Waals surface area contributed by atoms with E-state index < -0.39 is 5.97 Å². The quantitative estimate of drug-likeness (QED) is 0.358. The maximum atomic E-state index is 12.1. The number of rotatable bonds is 6. The van der Waals surface area contributed by atoms with E-state index in [1.807, 2.05) is 19.1 Å². The van der Waals surface area contributed by atoms with Crippen LogP contribution >= 0.6 is 11.6 Å². The average molecular weight is 411 g/mol. The van der Waals surface area contributed by atoms with Gasteiger partial charge in [-0.3, -0.25) is 4.79 Å². The number of hydrogen-bond donors (Lipinski definition) is 1. The minimum absolute atomic E-state index is 0.259. The molecule has 1 heterocycles. The molecule has 0 aliphatic heterocycles. The first-order chi connectivity index (χ1) is 14.0. The van der Waals surface area contributed by atoms with Gasteiger partial charge in [-0.15, -0.1) is 0 Å². The van der Waals surface area contributed by atoms with Crippen molar-refractivity contribution in [2.24, 2.45) is 5.10 Å². The number of ether oxygens (including phenoxy) is 1. The summed E-state index contributed by atoms with van der Waals surface area (Å²) in [4.78, 5) is 24.1. The molecule has 0 aliphatic carbocycles. The molecule has 0 atom stereocenters. The summed E-state index contributed by atoms with van der Waals surface area (Å²) in [5.41, 5.74) is 4.91. The summed E-state index contributed by atoms with van der Waals surface area (Å²) < 4.78 is 10.7. The Morgan fingerprint density at radius 2 is 2.00 bits per heavy atom. The molecular formula is C22H19ClN2O4. The number of furan rings is 1. The summed E-state index contributed by atoms with van der Waals surface area (Å²) in [6.07, 6.45) is 1.40. The van der Waals surface area contributed by atoms with E-state index in [0.717, 1.165) is 5.56 Å². The Hall–Kier alpha value is -3.38. The summed E-state index contributed by atoms with van der Waals surface area (Å²) in [7, 11) is 0. The van der Waals surface area contributed by atoms with Crippen molar-refractivity contribution in [1.29, 1.82) is 0 Å². The molecule has 0 aliphatic rings. The van der Waals surface area contributed by atoms with Crippen molar-refractivity contribution < 1.29 is 18.7 Å². The van der Waals surface area contributed by atoms with Crippen LogP contribution in [0.4, 0.5) is 0 Å². The Kier molecular flexibility index (Phi) is 6.46. The third kappa shape index (κ3) is 5.12. The smallest absolute Gasteiger partial charge is 0.339 e. The summed E-state index contributed by atoms with van der Waals surface area (Å²) >= 11 is 6.09. The van der Waals surface area contributed by atoms with Gasteiger partial charge in [0.25, 0.3) is 5.91 Å². The molecule has 7 heteroatoms. The fourth-order valence-corrected chi connectivity index (χ4v) is 2.82. The number of aryl methyl sites for hydroxylation is 1. The van der Waals surface area contributed by atoms with Crippen molar-refractivity contribution in [3.8, 4) is 11.3 Å². The lowest BCUT2D eigenvalue weighted by Crippen LogP contribution is -2.17. The second kappa shape index (κ2) is 9.21. The van der Waals surface area contributed by atoms with E-state index in [1.54, 1.807) is 49.4 Å². The lowest BCUT2D eigenvalue weighted by Gasteiger charge is -2.05. The van der Waals surface area contributed by atoms with Gasteiger partial charge >= 0.3 is 5.97 Å². The van der Waals surface area contributed by atoms with Crippen LogP contribution in [-0.2, 0) is 4.74 Å². The van der Waals surface area contributed by atoms with Crippen molar-refractivity contribution in [2.75, 3.05) is 6.61 Å². The van der Waals surface area contributed by atoms with E-state index in [4.69, 9.17) is 20.8 Å². The van der Waals surface area contributed by atoms with Crippen molar-refractivity contribution in [3.05, 3.63) is 82.1 Å². The molecule has 0 spiro atoms. The Labute approximate surface area is 173 Å². The second-order valence-corrected chi connectivity index (χ2v) is 6.59. The van der Waals surface area contributed by atoms with E-state index in [-0.39, 0.29) is 18.1 Å². The standard InChI is InChI=1S/C22H19ClN2O4/c1-3-28-22(27)18-12-15(7-9-19(18)23)20-10-8-17(29-20)13-24-25-21(26)16-6-4-5-14(2)11-16/h4-13H,3H2,1-2H3,(H,25,26)/b24-13-. The van der Waals surface area contributed by atoms with Crippen LogP contribution < -0.4 is 5.43 Å². The molecule has 0 unspecified atom stereocenters. The maximum absolute atomic E-state index is 12.1. The molecule has 148 valence electrons. The highest BCUT2D eigenvalue weighted by atomic mass is 35.5. The number of carbonyl (C=O) groups is 2. The largest absolute Gasteiger partial charge is 0.462 e. The number of amides is 1. The summed E-state index contributed by atoms with van der Waals surface area (Å²) in [6.45, 7) is 3.90. The Bertz CT molecular complexity index is 1070. The number of nitrogens with one attached hydrogen (secondary N) is 1. The third-order valence-electron chi connectivity index (χ3n) is 4.01. The zero-order valence-corrected chi connectivity index (χ0v) is 16.7. The number of esters is 1. The molecule has 1 N–H and O–H groups in total. The van der Waals surface area contributed by atoms with Crippen LogP contribution in [0.15, 0.2) is 64.1 Å². The summed E-state index contributed by atoms with van der Waals surface area (Å²) in [5, 5.41) is 4.23. The van der Waals surface area contributed by atoms with Gasteiger partial charge < -0.3 is 9.15 Å². The number of hydrazone groups is 1. The van der Waals surface area contributed by atoms with Gasteiger partial charge in [-0.1, -0.05) is 29.3 Å². The minimum Gasteiger partial charge on any atom is -0.462 e. The third-order valence-corrected chi connectivity index (χ3v) is 4.34. The van der Waals surface area contributed by atoms with Crippen molar-refractivity contribution in [1.82, 2.24) is 5.43 Å². The normalized spacial score (nSPS) is 10.9. The van der Waals surface area contributed by atoms with E-state index >= 15 is 0 Å². The molecule has 6 nitrogen and oxygen atoms in total. The first kappa shape index (κ1) is 20.4. The minimum atomic E-state index is -0.494. The molecule has 0 saturated carbocycles. The molecule has 0 bridgehead atoms. The topological polar surface area (TPSA) is 80.9 Å². The molecule has 3 rings (SSSR count). The van der Waals surface area contributed by atoms with Crippen LogP contribution in [0.5, 0.6) is 0 Å². The number of hydrogen-bond acceptors (Lipinski definition) is 5. The van der Waals surface area contributed by atoms with E-state index in [2.05, 4.69) is 10.5 Å². The van der Waals surface area contributed by atoms with Crippen LogP contribution in [0, 0.1) is 6.92 Å². The number of nitrogens with zero attached hydrogens (tertiary/aromatic N) is 1. The Morgan fingerprint density at radius 1 is 1.17 bits per heavy atom. The Morgan fingerprint density at radius 3 is 2.76 bits per heavy atom. The van der Waals surface area contributed by atoms with Gasteiger partial charge in [-0.05, 0) is 56.3 Å². The molecule has 0 fully saturated rings. The average Bonchev–Trinajstić information content (AvgIpc) is 3.17. The van der Waals surface area contributed by atoms with Gasteiger partial charge in [-0.25, -0.2) is 10.2 Å². The van der Waals surface area contributed by atoms with Gasteiger partial charge in [0.1, 0.15) is 11.5 Å². The van der Waals surface area contributed by atoms with E-state index in [1.165, 1.54) is 6.21 Å². The van der Waals surface area contributed by atoms with Crippen molar-refractivity contribution in [2.45, 2.75) is 13.8 Å². The molecule has 2 aromatic carbocycles. The predicted molar refractivity (Wildman–Crippen MR) is 111 cm³/mol. The summed E-state index contributed by atoms with van der Waals surface area (Å²) in [6, 6.07) is 15.6. The van der Waals surface area contributed by atoms with Gasteiger partial charge in [-0.2, -0.15) is 5.10 Å². The highest BCUT2D eigenvalue weighted by Gasteiger charge is 2.14. The number of carbonyl (C=O) groups excluding carboxylic acids is 2. The molecule has 3 aromatic rings. The zero-order chi connectivity index (χ0) is 20.8. The number of halogens is 1. The van der Waals surface area contributed by atoms with E-state index in [0.29, 0.717) is 27.7 Å². The molecular weight excluding hydrogens is 392 g/mol. The van der Waals surface area contributed by atoms with Crippen molar-refractivity contribution in [3.63, 3.8) is 0 Å². The monoisotopic (exact) mass is 410 g/mol. The SMILES string of the molecule is CCOC(=O)c1cc(-c2ccc(/C=N\NC(=O)c3cccc(C)c3)o2)ccc1Cl. The van der Waals surface area contributed by atoms with Crippen molar-refractivity contribution >= 4 is 29.7 Å². The molecule has 0 radical (unpaired) electrons. The molecule has 0 saturated heterocycles. The molecule has 29 heavy (non-hydrogen) atoms. The van der Waals surface area contributed by atoms with Gasteiger partial charge in [0.05, 0.1) is 23.4 Å². The molecule has 1 aromatic heterocycles. The number of benzene rings is 2. The summed E-state index contributed by atoms with van der Waals surface area (Å²) in [5.74, 6) is 0.163. The maximum Gasteiger partial charge on any atom is 0.339 e. The van der Waals surface area contributed by atoms with Crippen LogP contribution in [-0.4, -0.2) is 24.7 Å². The molecule has 1 amide bonds. The van der Waals surface area contributed by atoms with Crippen LogP contribution in [0.1, 0.15) is 39.0 Å². The first-order valence-corrected chi connectivity index (χ1v) is 9.32. The van der Waals surface area contributed by atoms with Gasteiger partial charge in [0, 0.05) is 11.1 Å². The van der Waals surface area contributed by atoms with Crippen LogP contribution in [0.3, 0.4) is 0 Å². The second-order valence-electron chi connectivity index (χ2n) is 6.19. The lowest BCUT2D eigenvalue weighted by molar-refractivity contribution is 0.0526. The van der Waals surface area contributed by atoms with Gasteiger partial charge in [0.15, 0.2) is 0 Å². The van der Waals surface area contributed by atoms with Crippen LogP contribution in [0.25, 0.3) is 11.3 Å².